The topological polar surface area (TPSA) is 60.5 Å². The van der Waals surface area contributed by atoms with Crippen molar-refractivity contribution in [3.63, 3.8) is 0 Å². The van der Waals surface area contributed by atoms with Gasteiger partial charge in [-0.3, -0.25) is 4.79 Å². The zero-order chi connectivity index (χ0) is 14.9. The van der Waals surface area contributed by atoms with Gasteiger partial charge in [0, 0.05) is 30.7 Å². The number of hydrogen-bond donors (Lipinski definition) is 1. The number of nitrogens with zero attached hydrogens (tertiary/aromatic N) is 1. The second-order valence-electron chi connectivity index (χ2n) is 6.58. The van der Waals surface area contributed by atoms with Crippen LogP contribution in [0.5, 0.6) is 0 Å². The summed E-state index contributed by atoms with van der Waals surface area (Å²) in [5, 5.41) is 3.70. The Morgan fingerprint density at radius 2 is 2.18 bits per heavy atom. The molecule has 0 aromatic carbocycles. The summed E-state index contributed by atoms with van der Waals surface area (Å²) in [6.45, 7) is 1.66. The molecule has 5 nitrogen and oxygen atoms in total. The third-order valence-electron chi connectivity index (χ3n) is 5.07. The van der Waals surface area contributed by atoms with E-state index >= 15 is 0 Å². The van der Waals surface area contributed by atoms with E-state index in [0.717, 1.165) is 44.0 Å². The summed E-state index contributed by atoms with van der Waals surface area (Å²) in [5.41, 5.74) is 0. The van der Waals surface area contributed by atoms with Crippen molar-refractivity contribution < 1.29 is 14.3 Å². The number of anilines is 1. The maximum Gasteiger partial charge on any atom is 0.226 e. The smallest absolute Gasteiger partial charge is 0.226 e. The maximum absolute atomic E-state index is 12.2. The van der Waals surface area contributed by atoms with E-state index in [4.69, 9.17) is 9.47 Å². The largest absolute Gasteiger partial charge is 0.381 e. The molecule has 3 fully saturated rings. The molecule has 4 heterocycles. The minimum atomic E-state index is 0.0778. The van der Waals surface area contributed by atoms with Gasteiger partial charge in [-0.1, -0.05) is 0 Å². The Bertz CT molecular complexity index is 541. The molecule has 0 saturated carbocycles. The molecule has 120 valence electrons. The van der Waals surface area contributed by atoms with E-state index in [1.165, 1.54) is 11.3 Å². The molecule has 22 heavy (non-hydrogen) atoms. The van der Waals surface area contributed by atoms with Crippen molar-refractivity contribution in [1.82, 2.24) is 4.98 Å². The van der Waals surface area contributed by atoms with E-state index in [1.807, 2.05) is 6.20 Å². The van der Waals surface area contributed by atoms with Crippen LogP contribution in [-0.4, -0.2) is 36.3 Å². The summed E-state index contributed by atoms with van der Waals surface area (Å²) in [6, 6.07) is 0. The van der Waals surface area contributed by atoms with Crippen molar-refractivity contribution in [3.8, 4) is 0 Å². The summed E-state index contributed by atoms with van der Waals surface area (Å²) in [5.74, 6) is 1.01. The highest BCUT2D eigenvalue weighted by atomic mass is 32.1. The molecule has 4 rings (SSSR count). The average molecular weight is 322 g/mol. The lowest BCUT2D eigenvalue weighted by Crippen LogP contribution is -2.23. The molecule has 3 aliphatic heterocycles. The van der Waals surface area contributed by atoms with Gasteiger partial charge in [0.1, 0.15) is 0 Å². The molecule has 0 radical (unpaired) electrons. The van der Waals surface area contributed by atoms with Gasteiger partial charge in [0.15, 0.2) is 5.13 Å². The highest BCUT2D eigenvalue weighted by molar-refractivity contribution is 7.15. The first kappa shape index (κ1) is 14.6. The number of hydrogen-bond acceptors (Lipinski definition) is 5. The average Bonchev–Trinajstić information content (AvgIpc) is 3.24. The first-order chi connectivity index (χ1) is 10.8. The summed E-state index contributed by atoms with van der Waals surface area (Å²) in [6.07, 6.45) is 8.63. The zero-order valence-corrected chi connectivity index (χ0v) is 13.4. The lowest BCUT2D eigenvalue weighted by molar-refractivity contribution is -0.117. The summed E-state index contributed by atoms with van der Waals surface area (Å²) < 4.78 is 11.2. The number of carbonyl (C=O) groups is 1. The monoisotopic (exact) mass is 322 g/mol. The molecule has 3 saturated heterocycles. The van der Waals surface area contributed by atoms with E-state index in [2.05, 4.69) is 10.3 Å². The van der Waals surface area contributed by atoms with Gasteiger partial charge in [-0.2, -0.15) is 0 Å². The molecule has 3 aliphatic rings. The van der Waals surface area contributed by atoms with Crippen LogP contribution >= 0.6 is 11.3 Å². The van der Waals surface area contributed by atoms with Crippen LogP contribution in [0.2, 0.25) is 0 Å². The zero-order valence-electron chi connectivity index (χ0n) is 12.6. The van der Waals surface area contributed by atoms with Crippen molar-refractivity contribution in [2.75, 3.05) is 18.5 Å². The Morgan fingerprint density at radius 3 is 2.91 bits per heavy atom. The molecule has 6 heteroatoms. The molecule has 0 spiro atoms. The Hall–Kier alpha value is -0.980. The maximum atomic E-state index is 12.2. The standard InChI is InChI=1S/C16H22N2O3S/c19-15(8-11-7-12-1-2-13(11)21-12)18-16-17-9-14(22-16)10-3-5-20-6-4-10/h9-13H,1-8H2,(H,17,18,19)/t11-,12+,13+/m0/s1. The van der Waals surface area contributed by atoms with Crippen LogP contribution in [0.1, 0.15) is 49.3 Å². The fourth-order valence-electron chi connectivity index (χ4n) is 3.88. The molecule has 1 aromatic rings. The van der Waals surface area contributed by atoms with Crippen molar-refractivity contribution in [2.45, 2.75) is 56.7 Å². The van der Waals surface area contributed by atoms with Gasteiger partial charge in [0.2, 0.25) is 5.91 Å². The van der Waals surface area contributed by atoms with Crippen LogP contribution in [-0.2, 0) is 14.3 Å². The van der Waals surface area contributed by atoms with Gasteiger partial charge in [0.05, 0.1) is 12.2 Å². The van der Waals surface area contributed by atoms with Crippen LogP contribution in [0.4, 0.5) is 5.13 Å². The second-order valence-corrected chi connectivity index (χ2v) is 7.64. The van der Waals surface area contributed by atoms with E-state index in [-0.39, 0.29) is 5.91 Å². The second kappa shape index (κ2) is 6.26. The first-order valence-electron chi connectivity index (χ1n) is 8.26. The van der Waals surface area contributed by atoms with Crippen LogP contribution in [0.15, 0.2) is 6.20 Å². The van der Waals surface area contributed by atoms with Crippen LogP contribution in [0, 0.1) is 5.92 Å². The third kappa shape index (κ3) is 3.05. The van der Waals surface area contributed by atoms with Crippen LogP contribution in [0.3, 0.4) is 0 Å². The van der Waals surface area contributed by atoms with Crippen molar-refractivity contribution in [3.05, 3.63) is 11.1 Å². The number of fused-ring (bicyclic) bond motifs is 2. The third-order valence-corrected chi connectivity index (χ3v) is 6.15. The van der Waals surface area contributed by atoms with Gasteiger partial charge in [-0.25, -0.2) is 4.98 Å². The van der Waals surface area contributed by atoms with E-state index in [1.54, 1.807) is 11.3 Å². The number of ether oxygens (including phenoxy) is 2. The highest BCUT2D eigenvalue weighted by Crippen LogP contribution is 2.40. The van der Waals surface area contributed by atoms with E-state index < -0.39 is 0 Å². The highest BCUT2D eigenvalue weighted by Gasteiger charge is 2.41. The fourth-order valence-corrected chi connectivity index (χ4v) is 4.88. The predicted octanol–water partition coefficient (Wildman–Crippen LogP) is 2.93. The molecular weight excluding hydrogens is 300 g/mol. The molecule has 3 atom stereocenters. The van der Waals surface area contributed by atoms with Crippen molar-refractivity contribution in [2.24, 2.45) is 5.92 Å². The molecule has 1 N–H and O–H groups in total. The van der Waals surface area contributed by atoms with Crippen LogP contribution < -0.4 is 5.32 Å². The summed E-state index contributed by atoms with van der Waals surface area (Å²) in [4.78, 5) is 17.8. The van der Waals surface area contributed by atoms with E-state index in [9.17, 15) is 4.79 Å². The van der Waals surface area contributed by atoms with Crippen molar-refractivity contribution >= 4 is 22.4 Å². The van der Waals surface area contributed by atoms with Gasteiger partial charge in [-0.05, 0) is 43.9 Å². The van der Waals surface area contributed by atoms with E-state index in [0.29, 0.717) is 30.5 Å². The number of carbonyl (C=O) groups excluding carboxylic acids is 1. The summed E-state index contributed by atoms with van der Waals surface area (Å²) >= 11 is 1.61. The molecule has 1 aromatic heterocycles. The number of amides is 1. The first-order valence-corrected chi connectivity index (χ1v) is 9.08. The summed E-state index contributed by atoms with van der Waals surface area (Å²) in [7, 11) is 0. The Morgan fingerprint density at radius 1 is 1.32 bits per heavy atom. The Labute approximate surface area is 134 Å². The normalized spacial score (nSPS) is 31.5. The quantitative estimate of drug-likeness (QED) is 0.926. The van der Waals surface area contributed by atoms with Gasteiger partial charge < -0.3 is 14.8 Å². The lowest BCUT2D eigenvalue weighted by Gasteiger charge is -2.20. The van der Waals surface area contributed by atoms with Gasteiger partial charge in [-0.15, -0.1) is 11.3 Å². The molecule has 0 aliphatic carbocycles. The Balaban J connectivity index is 1.31. The molecular formula is C16H22N2O3S. The van der Waals surface area contributed by atoms with Gasteiger partial charge in [0.25, 0.3) is 0 Å². The minimum absolute atomic E-state index is 0.0778. The lowest BCUT2D eigenvalue weighted by atomic mass is 9.87. The molecule has 1 amide bonds. The molecule has 2 bridgehead atoms. The Kier molecular flexibility index (Phi) is 4.15. The number of nitrogens with one attached hydrogen (secondary N) is 1. The number of rotatable bonds is 4. The predicted molar refractivity (Wildman–Crippen MR) is 84.2 cm³/mol. The SMILES string of the molecule is O=C(C[C@@H]1C[C@H]2CC[C@H]1O2)Nc1ncc(C2CCOCC2)s1. The number of thiazole rings is 1. The van der Waals surface area contributed by atoms with Gasteiger partial charge >= 0.3 is 0 Å². The fraction of sp³-hybridized carbons (Fsp3) is 0.750. The molecule has 0 unspecified atom stereocenters. The van der Waals surface area contributed by atoms with Crippen molar-refractivity contribution in [1.29, 1.82) is 0 Å². The van der Waals surface area contributed by atoms with Crippen LogP contribution in [0.25, 0.3) is 0 Å². The minimum Gasteiger partial charge on any atom is -0.381 e. The number of aromatic nitrogens is 1.